The third-order valence-electron chi connectivity index (χ3n) is 6.43. The smallest absolute Gasteiger partial charge is 0.252 e. The summed E-state index contributed by atoms with van der Waals surface area (Å²) in [5.74, 6) is -0.408. The van der Waals surface area contributed by atoms with Crippen LogP contribution in [0.25, 0.3) is 0 Å². The van der Waals surface area contributed by atoms with Gasteiger partial charge in [0.1, 0.15) is 12.6 Å². The van der Waals surface area contributed by atoms with Crippen molar-refractivity contribution in [3.8, 4) is 0 Å². The lowest BCUT2D eigenvalue weighted by Gasteiger charge is -2.26. The molecule has 180 valence electrons. The van der Waals surface area contributed by atoms with Gasteiger partial charge in [0.25, 0.3) is 5.91 Å². The number of aliphatic imine (C=N–C) groups is 1. The number of carbonyl (C=O) groups is 2. The fourth-order valence-electron chi connectivity index (χ4n) is 4.16. The number of hydrogen-bond acceptors (Lipinski definition) is 3. The molecule has 3 aromatic rings. The van der Waals surface area contributed by atoms with Crippen LogP contribution in [-0.2, 0) is 16.1 Å². The number of nitrogens with zero attached hydrogens (tertiary/aromatic N) is 2. The van der Waals surface area contributed by atoms with Crippen molar-refractivity contribution in [2.24, 2.45) is 10.9 Å². The van der Waals surface area contributed by atoms with Crippen molar-refractivity contribution < 1.29 is 9.59 Å². The third kappa shape index (κ3) is 5.63. The number of hydrogen-bond donors (Lipinski definition) is 1. The lowest BCUT2D eigenvalue weighted by Crippen LogP contribution is -2.46. The Morgan fingerprint density at radius 1 is 1.09 bits per heavy atom. The van der Waals surface area contributed by atoms with Gasteiger partial charge in [0, 0.05) is 22.7 Å². The Balaban J connectivity index is 1.70. The van der Waals surface area contributed by atoms with Crippen LogP contribution in [0.2, 0.25) is 5.02 Å². The maximum absolute atomic E-state index is 13.8. The van der Waals surface area contributed by atoms with E-state index in [9.17, 15) is 9.59 Å². The second kappa shape index (κ2) is 10.9. The molecule has 0 bridgehead atoms. The molecule has 0 aromatic heterocycles. The zero-order valence-electron chi connectivity index (χ0n) is 20.3. The van der Waals surface area contributed by atoms with Gasteiger partial charge < -0.3 is 10.2 Å². The first-order valence-corrected chi connectivity index (χ1v) is 12.3. The highest BCUT2D eigenvalue weighted by atomic mass is 35.5. The predicted molar refractivity (Wildman–Crippen MR) is 142 cm³/mol. The summed E-state index contributed by atoms with van der Waals surface area (Å²) in [6.07, 6.45) is 0.784. The monoisotopic (exact) mass is 487 g/mol. The van der Waals surface area contributed by atoms with Crippen LogP contribution in [0.5, 0.6) is 0 Å². The number of carbonyl (C=O) groups excluding carboxylic acids is 2. The summed E-state index contributed by atoms with van der Waals surface area (Å²) in [4.78, 5) is 33.4. The van der Waals surface area contributed by atoms with Crippen LogP contribution in [0.3, 0.4) is 0 Å². The number of nitrogens with one attached hydrogen (secondary N) is 1. The van der Waals surface area contributed by atoms with Gasteiger partial charge in [-0.15, -0.1) is 0 Å². The van der Waals surface area contributed by atoms with Crippen LogP contribution in [-0.4, -0.2) is 30.1 Å². The third-order valence-corrected chi connectivity index (χ3v) is 6.67. The van der Waals surface area contributed by atoms with Crippen molar-refractivity contribution in [1.82, 2.24) is 5.32 Å². The van der Waals surface area contributed by atoms with Gasteiger partial charge >= 0.3 is 0 Å². The standard InChI is InChI=1S/C29H30ClN3O2/c1-4-20(3)27-29(35)33(18-26(34)31-17-21-12-10-19(2)11-13-21)25-15-14-23(30)16-24(25)28(32-27)22-8-6-5-7-9-22/h5-16,20,27H,4,17-18H2,1-3H3,(H,31,34). The first-order chi connectivity index (χ1) is 16.9. The van der Waals surface area contributed by atoms with E-state index in [0.29, 0.717) is 23.0 Å². The van der Waals surface area contributed by atoms with E-state index in [-0.39, 0.29) is 24.3 Å². The summed E-state index contributed by atoms with van der Waals surface area (Å²) in [6.45, 7) is 6.39. The van der Waals surface area contributed by atoms with Crippen molar-refractivity contribution in [3.05, 3.63) is 100 Å². The summed E-state index contributed by atoms with van der Waals surface area (Å²) < 4.78 is 0. The van der Waals surface area contributed by atoms with E-state index >= 15 is 0 Å². The molecule has 2 unspecified atom stereocenters. The summed E-state index contributed by atoms with van der Waals surface area (Å²) >= 11 is 6.39. The van der Waals surface area contributed by atoms with E-state index in [2.05, 4.69) is 5.32 Å². The fraction of sp³-hybridized carbons (Fsp3) is 0.276. The van der Waals surface area contributed by atoms with E-state index in [1.54, 1.807) is 17.0 Å². The molecule has 0 radical (unpaired) electrons. The van der Waals surface area contributed by atoms with Crippen molar-refractivity contribution in [3.63, 3.8) is 0 Å². The molecule has 4 rings (SSSR count). The summed E-state index contributed by atoms with van der Waals surface area (Å²) in [5, 5.41) is 3.50. The first-order valence-electron chi connectivity index (χ1n) is 11.9. The fourth-order valence-corrected chi connectivity index (χ4v) is 4.34. The van der Waals surface area contributed by atoms with Gasteiger partial charge in [0.15, 0.2) is 0 Å². The number of benzodiazepines with no additional fused rings is 1. The van der Waals surface area contributed by atoms with Gasteiger partial charge in [-0.3, -0.25) is 14.6 Å². The van der Waals surface area contributed by atoms with Gasteiger partial charge in [0.05, 0.1) is 11.4 Å². The van der Waals surface area contributed by atoms with Crippen LogP contribution in [0.15, 0.2) is 77.8 Å². The van der Waals surface area contributed by atoms with Gasteiger partial charge in [-0.1, -0.05) is 92.0 Å². The van der Waals surface area contributed by atoms with Gasteiger partial charge in [-0.25, -0.2) is 0 Å². The van der Waals surface area contributed by atoms with Gasteiger partial charge in [-0.2, -0.15) is 0 Å². The van der Waals surface area contributed by atoms with E-state index in [0.717, 1.165) is 28.7 Å². The maximum atomic E-state index is 13.8. The molecule has 35 heavy (non-hydrogen) atoms. The summed E-state index contributed by atoms with van der Waals surface area (Å²) in [6, 6.07) is 22.6. The molecule has 5 nitrogen and oxygen atoms in total. The molecule has 3 aromatic carbocycles. The predicted octanol–water partition coefficient (Wildman–Crippen LogP) is 5.56. The molecule has 1 N–H and O–H groups in total. The lowest BCUT2D eigenvalue weighted by atomic mass is 9.98. The van der Waals surface area contributed by atoms with E-state index in [4.69, 9.17) is 16.6 Å². The SMILES string of the molecule is CCC(C)C1N=C(c2ccccc2)c2cc(Cl)ccc2N(CC(=O)NCc2ccc(C)cc2)C1=O. The zero-order chi connectivity index (χ0) is 24.9. The summed E-state index contributed by atoms with van der Waals surface area (Å²) in [5.41, 5.74) is 5.17. The second-order valence-corrected chi connectivity index (χ2v) is 9.46. The molecular formula is C29H30ClN3O2. The highest BCUT2D eigenvalue weighted by Crippen LogP contribution is 2.32. The van der Waals surface area contributed by atoms with Crippen LogP contribution < -0.4 is 10.2 Å². The van der Waals surface area contributed by atoms with Crippen molar-refractivity contribution in [2.75, 3.05) is 11.4 Å². The molecule has 1 aliphatic heterocycles. The topological polar surface area (TPSA) is 61.8 Å². The van der Waals surface area contributed by atoms with E-state index in [1.165, 1.54) is 0 Å². The maximum Gasteiger partial charge on any atom is 0.252 e. The number of amides is 2. The number of benzene rings is 3. The second-order valence-electron chi connectivity index (χ2n) is 9.02. The Bertz CT molecular complexity index is 1240. The molecular weight excluding hydrogens is 458 g/mol. The van der Waals surface area contributed by atoms with Gasteiger partial charge in [0.2, 0.25) is 5.91 Å². The van der Waals surface area contributed by atoms with Crippen LogP contribution in [0.4, 0.5) is 5.69 Å². The van der Waals surface area contributed by atoms with Crippen molar-refractivity contribution in [2.45, 2.75) is 39.8 Å². The van der Waals surface area contributed by atoms with Crippen LogP contribution >= 0.6 is 11.6 Å². The molecule has 0 aliphatic carbocycles. The first kappa shape index (κ1) is 24.7. The Kier molecular flexibility index (Phi) is 7.67. The minimum atomic E-state index is -0.605. The normalized spacial score (nSPS) is 16.2. The highest BCUT2D eigenvalue weighted by Gasteiger charge is 2.35. The van der Waals surface area contributed by atoms with Crippen LogP contribution in [0, 0.1) is 12.8 Å². The van der Waals surface area contributed by atoms with Crippen molar-refractivity contribution in [1.29, 1.82) is 0 Å². The summed E-state index contributed by atoms with van der Waals surface area (Å²) in [7, 11) is 0. The molecule has 0 saturated carbocycles. The van der Waals surface area contributed by atoms with E-state index < -0.39 is 6.04 Å². The Hall–Kier alpha value is -3.44. The molecule has 1 heterocycles. The van der Waals surface area contributed by atoms with Gasteiger partial charge in [-0.05, 0) is 36.6 Å². The molecule has 0 saturated heterocycles. The molecule has 0 spiro atoms. The average molecular weight is 488 g/mol. The number of rotatable bonds is 7. The minimum Gasteiger partial charge on any atom is -0.350 e. The van der Waals surface area contributed by atoms with Crippen molar-refractivity contribution >= 4 is 34.8 Å². The molecule has 2 amide bonds. The number of anilines is 1. The minimum absolute atomic E-state index is 0.00381. The lowest BCUT2D eigenvalue weighted by molar-refractivity contribution is -0.125. The Morgan fingerprint density at radius 3 is 2.49 bits per heavy atom. The Morgan fingerprint density at radius 2 is 1.80 bits per heavy atom. The Labute approximate surface area is 211 Å². The van der Waals surface area contributed by atoms with E-state index in [1.807, 2.05) is 81.4 Å². The quantitative estimate of drug-likeness (QED) is 0.474. The molecule has 6 heteroatoms. The number of aryl methyl sites for hydroxylation is 1. The molecule has 2 atom stereocenters. The largest absolute Gasteiger partial charge is 0.350 e. The molecule has 0 fully saturated rings. The van der Waals surface area contributed by atoms with Crippen LogP contribution in [0.1, 0.15) is 42.5 Å². The number of halogens is 1. The average Bonchev–Trinajstić information content (AvgIpc) is 2.98. The zero-order valence-corrected chi connectivity index (χ0v) is 21.0. The number of fused-ring (bicyclic) bond motifs is 1. The molecule has 1 aliphatic rings. The highest BCUT2D eigenvalue weighted by molar-refractivity contribution is 6.32.